The van der Waals surface area contributed by atoms with Crippen molar-refractivity contribution in [3.63, 3.8) is 0 Å². The molecule has 0 unspecified atom stereocenters. The van der Waals surface area contributed by atoms with Crippen LogP contribution in [0.3, 0.4) is 0 Å². The summed E-state index contributed by atoms with van der Waals surface area (Å²) >= 11 is 0. The quantitative estimate of drug-likeness (QED) is 0.289. The molecule has 1 aliphatic rings. The standard InChI is InChI=1S/C16H17N.C11H10F6.C7H16.C2H6/c1-5-15-9-14(7-6-11(15)2)10-16-8-12(3)17-13(16)4;1-2-3-7-4-5-8(10(12,13)14)6-9(7)11(15,16)17;1-4-5-6-7(2)3;1-2/h5-7,9-10H,2-3,8H2,1,4H3;4-6H,2-3H2,1H3;7H,4-6H2,1-3H3;1-2H3/b15-5-,16-10+;;;. The van der Waals surface area contributed by atoms with Crippen molar-refractivity contribution in [1.29, 1.82) is 0 Å². The number of unbranched alkanes of at least 4 members (excludes halogenated alkanes) is 1. The summed E-state index contributed by atoms with van der Waals surface area (Å²) in [5.74, 6) is 0.903. The molecule has 0 aromatic heterocycles. The van der Waals surface area contributed by atoms with Crippen LogP contribution in [-0.4, -0.2) is 5.71 Å². The first kappa shape index (κ1) is 39.9. The fourth-order valence-electron chi connectivity index (χ4n) is 4.14. The number of halogens is 6. The van der Waals surface area contributed by atoms with Gasteiger partial charge >= 0.3 is 12.4 Å². The molecule has 0 spiro atoms. The molecule has 0 N–H and O–H groups in total. The van der Waals surface area contributed by atoms with Crippen LogP contribution in [0.5, 0.6) is 0 Å². The summed E-state index contributed by atoms with van der Waals surface area (Å²) in [5, 5.41) is 2.25. The van der Waals surface area contributed by atoms with Gasteiger partial charge in [0.15, 0.2) is 0 Å². The molecular formula is C36H49F6N. The van der Waals surface area contributed by atoms with Crippen LogP contribution >= 0.6 is 0 Å². The van der Waals surface area contributed by atoms with Crippen molar-refractivity contribution in [2.45, 2.75) is 106 Å². The van der Waals surface area contributed by atoms with Gasteiger partial charge in [0.25, 0.3) is 0 Å². The average Bonchev–Trinajstić information content (AvgIpc) is 3.25. The highest BCUT2D eigenvalue weighted by atomic mass is 19.4. The monoisotopic (exact) mass is 609 g/mol. The van der Waals surface area contributed by atoms with E-state index in [0.717, 1.165) is 35.0 Å². The minimum absolute atomic E-state index is 0.104. The van der Waals surface area contributed by atoms with E-state index >= 15 is 0 Å². The minimum Gasteiger partial charge on any atom is -0.258 e. The smallest absolute Gasteiger partial charge is 0.258 e. The van der Waals surface area contributed by atoms with E-state index in [1.54, 1.807) is 6.92 Å². The molecule has 0 saturated heterocycles. The zero-order chi connectivity index (χ0) is 33.4. The van der Waals surface area contributed by atoms with E-state index in [4.69, 9.17) is 0 Å². The van der Waals surface area contributed by atoms with Gasteiger partial charge in [0.2, 0.25) is 0 Å². The van der Waals surface area contributed by atoms with Crippen LogP contribution in [0.15, 0.2) is 59.2 Å². The number of nitrogens with zero attached hydrogens (tertiary/aromatic N) is 1. The molecule has 0 fully saturated rings. The van der Waals surface area contributed by atoms with Crippen molar-refractivity contribution in [2.75, 3.05) is 0 Å². The van der Waals surface area contributed by atoms with Crippen molar-refractivity contribution in [2.24, 2.45) is 10.9 Å². The van der Waals surface area contributed by atoms with Gasteiger partial charge in [0.05, 0.1) is 11.1 Å². The van der Waals surface area contributed by atoms with Crippen LogP contribution in [0.4, 0.5) is 26.3 Å². The number of hydrogen-bond donors (Lipinski definition) is 0. The second-order valence-corrected chi connectivity index (χ2v) is 10.5. The van der Waals surface area contributed by atoms with Gasteiger partial charge in [-0.25, -0.2) is 0 Å². The van der Waals surface area contributed by atoms with Gasteiger partial charge in [-0.05, 0) is 77.6 Å². The summed E-state index contributed by atoms with van der Waals surface area (Å²) in [6.07, 6.45) is 0.301. The molecule has 2 aromatic rings. The number of aryl methyl sites for hydroxylation is 1. The van der Waals surface area contributed by atoms with Crippen LogP contribution < -0.4 is 10.4 Å². The molecule has 1 heterocycles. The highest BCUT2D eigenvalue weighted by Gasteiger charge is 2.37. The van der Waals surface area contributed by atoms with Crippen LogP contribution in [0.1, 0.15) is 110 Å². The van der Waals surface area contributed by atoms with E-state index in [0.29, 0.717) is 12.5 Å². The highest BCUT2D eigenvalue weighted by Crippen LogP contribution is 2.37. The second kappa shape index (κ2) is 19.2. The van der Waals surface area contributed by atoms with E-state index in [9.17, 15) is 26.3 Å². The molecule has 1 aliphatic heterocycles. The topological polar surface area (TPSA) is 12.4 Å². The number of rotatable bonds is 6. The van der Waals surface area contributed by atoms with Gasteiger partial charge in [-0.1, -0.05) is 105 Å². The van der Waals surface area contributed by atoms with Gasteiger partial charge < -0.3 is 0 Å². The summed E-state index contributed by atoms with van der Waals surface area (Å²) in [7, 11) is 0. The maximum atomic E-state index is 12.6. The predicted octanol–water partition coefficient (Wildman–Crippen LogP) is 11.2. The van der Waals surface area contributed by atoms with E-state index in [-0.39, 0.29) is 18.1 Å². The molecule has 0 radical (unpaired) electrons. The Hall–Kier alpha value is -3.09. The lowest BCUT2D eigenvalue weighted by atomic mass is 10.00. The molecule has 0 atom stereocenters. The van der Waals surface area contributed by atoms with Crippen LogP contribution in [-0.2, 0) is 18.8 Å². The molecule has 1 nitrogen and oxygen atoms in total. The van der Waals surface area contributed by atoms with Crippen molar-refractivity contribution in [3.8, 4) is 0 Å². The van der Waals surface area contributed by atoms with Crippen molar-refractivity contribution in [3.05, 3.63) is 86.9 Å². The van der Waals surface area contributed by atoms with Gasteiger partial charge in [0.1, 0.15) is 0 Å². The van der Waals surface area contributed by atoms with Gasteiger partial charge in [-0.2, -0.15) is 26.3 Å². The molecule has 7 heteroatoms. The van der Waals surface area contributed by atoms with Gasteiger partial charge in [0, 0.05) is 17.8 Å². The zero-order valence-electron chi connectivity index (χ0n) is 27.1. The van der Waals surface area contributed by atoms with Crippen molar-refractivity contribution in [1.82, 2.24) is 0 Å². The fraction of sp³-hybridized carbons (Fsp3) is 0.472. The molecular weight excluding hydrogens is 560 g/mol. The fourth-order valence-corrected chi connectivity index (χ4v) is 4.14. The minimum atomic E-state index is -4.76. The molecule has 0 bridgehead atoms. The predicted molar refractivity (Wildman–Crippen MR) is 172 cm³/mol. The number of benzene rings is 2. The highest BCUT2D eigenvalue weighted by molar-refractivity contribution is 6.05. The molecule has 0 amide bonds. The maximum absolute atomic E-state index is 12.6. The molecule has 0 aliphatic carbocycles. The summed E-state index contributed by atoms with van der Waals surface area (Å²) < 4.78 is 74.6. The van der Waals surface area contributed by atoms with Crippen LogP contribution in [0.25, 0.3) is 18.7 Å². The van der Waals surface area contributed by atoms with E-state index in [1.165, 1.54) is 35.6 Å². The summed E-state index contributed by atoms with van der Waals surface area (Å²) in [5.41, 5.74) is 1.91. The summed E-state index contributed by atoms with van der Waals surface area (Å²) in [4.78, 5) is 4.36. The number of aliphatic imine (C=N–C) groups is 1. The third-order valence-corrected chi connectivity index (χ3v) is 6.40. The average molecular weight is 610 g/mol. The first-order valence-corrected chi connectivity index (χ1v) is 15.0. The molecule has 0 saturated carbocycles. The third kappa shape index (κ3) is 14.8. The van der Waals surface area contributed by atoms with Crippen LogP contribution in [0, 0.1) is 5.92 Å². The molecule has 3 rings (SSSR count). The first-order chi connectivity index (χ1) is 20.0. The third-order valence-electron chi connectivity index (χ3n) is 6.40. The Morgan fingerprint density at radius 3 is 1.95 bits per heavy atom. The lowest BCUT2D eigenvalue weighted by Gasteiger charge is -2.15. The molecule has 2 aromatic carbocycles. The normalized spacial score (nSPS) is 14.4. The Bertz CT molecular complexity index is 1310. The molecule has 43 heavy (non-hydrogen) atoms. The SMILES string of the molecule is C=C1C/C(=C\c2ccc(=C)/c(=C\C)c2)C(C)=N1.CC.CCCCC(C)C.CCCc1ccc(C(F)(F)F)cc1C(F)(F)F. The number of alkyl halides is 6. The van der Waals surface area contributed by atoms with Gasteiger partial charge in [-0.3, -0.25) is 4.99 Å². The Morgan fingerprint density at radius 1 is 0.907 bits per heavy atom. The first-order valence-electron chi connectivity index (χ1n) is 15.0. The lowest BCUT2D eigenvalue weighted by molar-refractivity contribution is -0.143. The zero-order valence-corrected chi connectivity index (χ0v) is 27.1. The van der Waals surface area contributed by atoms with E-state index in [1.807, 2.05) is 27.7 Å². The summed E-state index contributed by atoms with van der Waals surface area (Å²) in [6.45, 7) is 24.4. The Kier molecular flexibility index (Phi) is 17.9. The lowest BCUT2D eigenvalue weighted by Crippen LogP contribution is -2.22. The Balaban J connectivity index is 0.000000646. The van der Waals surface area contributed by atoms with E-state index < -0.39 is 23.5 Å². The Morgan fingerprint density at radius 2 is 1.53 bits per heavy atom. The number of hydrogen-bond acceptors (Lipinski definition) is 1. The second-order valence-electron chi connectivity index (χ2n) is 10.5. The van der Waals surface area contributed by atoms with Crippen molar-refractivity contribution >= 4 is 24.4 Å². The van der Waals surface area contributed by atoms with Crippen LogP contribution in [0.2, 0.25) is 0 Å². The van der Waals surface area contributed by atoms with Crippen molar-refractivity contribution < 1.29 is 26.3 Å². The summed E-state index contributed by atoms with van der Waals surface area (Å²) in [6, 6.07) is 8.05. The Labute approximate surface area is 254 Å². The maximum Gasteiger partial charge on any atom is 0.416 e. The largest absolute Gasteiger partial charge is 0.416 e. The van der Waals surface area contributed by atoms with Gasteiger partial charge in [-0.15, -0.1) is 0 Å². The molecule has 240 valence electrons. The van der Waals surface area contributed by atoms with E-state index in [2.05, 4.69) is 69.3 Å². The number of allylic oxidation sites excluding steroid dienone is 1.